The number of aromatic nitrogens is 5. The first-order valence-electron chi connectivity index (χ1n) is 11.6. The Morgan fingerprint density at radius 2 is 1.82 bits per heavy atom. The molecular formula is C27H19F3N8O. The Labute approximate surface area is 219 Å². The molecule has 0 saturated carbocycles. The number of nitrogens with zero attached hydrogens (tertiary/aromatic N) is 6. The molecule has 39 heavy (non-hydrogen) atoms. The quantitative estimate of drug-likeness (QED) is 0.329. The molecule has 5 rings (SSSR count). The second-order valence-electron chi connectivity index (χ2n) is 8.57. The van der Waals surface area contributed by atoms with Crippen LogP contribution in [0.1, 0.15) is 29.9 Å². The van der Waals surface area contributed by atoms with Crippen LogP contribution in [0.15, 0.2) is 78.0 Å². The van der Waals surface area contributed by atoms with Crippen molar-refractivity contribution >= 4 is 22.7 Å². The number of alkyl halides is 3. The Kier molecular flexibility index (Phi) is 6.41. The van der Waals surface area contributed by atoms with Gasteiger partial charge in [0, 0.05) is 18.0 Å². The zero-order chi connectivity index (χ0) is 27.7. The first kappa shape index (κ1) is 25.3. The summed E-state index contributed by atoms with van der Waals surface area (Å²) in [5.41, 5.74) is 5.57. The van der Waals surface area contributed by atoms with E-state index in [0.717, 1.165) is 12.3 Å². The number of nitriles is 1. The van der Waals surface area contributed by atoms with Crippen molar-refractivity contribution in [1.29, 1.82) is 5.26 Å². The number of nitrogen functional groups attached to an aromatic ring is 1. The zero-order valence-corrected chi connectivity index (χ0v) is 20.3. The van der Waals surface area contributed by atoms with Gasteiger partial charge in [0.15, 0.2) is 0 Å². The third kappa shape index (κ3) is 4.85. The van der Waals surface area contributed by atoms with Crippen LogP contribution < -0.4 is 16.6 Å². The van der Waals surface area contributed by atoms with E-state index in [1.54, 1.807) is 55.5 Å². The van der Waals surface area contributed by atoms with Crippen LogP contribution in [-0.2, 0) is 6.18 Å². The minimum atomic E-state index is -4.60. The molecule has 9 nitrogen and oxygen atoms in total. The van der Waals surface area contributed by atoms with Crippen LogP contribution >= 0.6 is 0 Å². The number of benzene rings is 2. The summed E-state index contributed by atoms with van der Waals surface area (Å²) in [5, 5.41) is 12.7. The lowest BCUT2D eigenvalue weighted by Gasteiger charge is -2.21. The number of nitrogens with one attached hydrogen (secondary N) is 1. The maximum absolute atomic E-state index is 14.1. The predicted octanol–water partition coefficient (Wildman–Crippen LogP) is 4.88. The molecule has 0 amide bonds. The number of halogens is 3. The van der Waals surface area contributed by atoms with Crippen LogP contribution in [-0.4, -0.2) is 24.5 Å². The van der Waals surface area contributed by atoms with E-state index in [1.807, 2.05) is 6.07 Å². The van der Waals surface area contributed by atoms with Crippen molar-refractivity contribution in [2.45, 2.75) is 19.1 Å². The average molecular weight is 528 g/mol. The summed E-state index contributed by atoms with van der Waals surface area (Å²) in [6, 6.07) is 15.8. The topological polar surface area (TPSA) is 135 Å². The van der Waals surface area contributed by atoms with E-state index in [0.29, 0.717) is 5.69 Å². The molecule has 0 unspecified atom stereocenters. The van der Waals surface area contributed by atoms with Crippen LogP contribution in [0, 0.1) is 11.3 Å². The van der Waals surface area contributed by atoms with Crippen molar-refractivity contribution < 1.29 is 13.2 Å². The van der Waals surface area contributed by atoms with Gasteiger partial charge in [-0.15, -0.1) is 0 Å². The van der Waals surface area contributed by atoms with Gasteiger partial charge in [-0.05, 0) is 36.8 Å². The SMILES string of the molecule is C[C@@H](Nc1nc(N)ncc1C#N)c1nc2cccc(-c3cncc(C(F)(F)F)c3)c2c(=O)n1-c1ccccc1. The maximum Gasteiger partial charge on any atom is 0.417 e. The van der Waals surface area contributed by atoms with Gasteiger partial charge in [-0.1, -0.05) is 30.3 Å². The Balaban J connectivity index is 1.74. The fourth-order valence-electron chi connectivity index (χ4n) is 4.20. The second kappa shape index (κ2) is 9.86. The Bertz CT molecular complexity index is 1800. The van der Waals surface area contributed by atoms with Gasteiger partial charge >= 0.3 is 6.18 Å². The smallest absolute Gasteiger partial charge is 0.368 e. The third-order valence-corrected chi connectivity index (χ3v) is 5.98. The average Bonchev–Trinajstić information content (AvgIpc) is 2.93. The lowest BCUT2D eigenvalue weighted by molar-refractivity contribution is -0.137. The minimum Gasteiger partial charge on any atom is -0.368 e. The first-order chi connectivity index (χ1) is 18.7. The van der Waals surface area contributed by atoms with Crippen LogP contribution in [0.2, 0.25) is 0 Å². The fourth-order valence-corrected chi connectivity index (χ4v) is 4.20. The summed E-state index contributed by atoms with van der Waals surface area (Å²) in [5.74, 6) is 0.393. The van der Waals surface area contributed by atoms with Crippen molar-refractivity contribution in [3.05, 3.63) is 100 Å². The summed E-state index contributed by atoms with van der Waals surface area (Å²) in [7, 11) is 0. The molecule has 0 radical (unpaired) electrons. The molecule has 0 saturated heterocycles. The molecular weight excluding hydrogens is 509 g/mol. The van der Waals surface area contributed by atoms with Crippen LogP contribution in [0.25, 0.3) is 27.7 Å². The van der Waals surface area contributed by atoms with Gasteiger partial charge in [-0.3, -0.25) is 14.3 Å². The van der Waals surface area contributed by atoms with E-state index in [2.05, 4.69) is 20.3 Å². The van der Waals surface area contributed by atoms with E-state index in [-0.39, 0.29) is 45.2 Å². The molecule has 194 valence electrons. The minimum absolute atomic E-state index is 0.0463. The maximum atomic E-state index is 14.1. The van der Waals surface area contributed by atoms with E-state index < -0.39 is 23.3 Å². The fraction of sp³-hybridized carbons (Fsp3) is 0.111. The van der Waals surface area contributed by atoms with E-state index >= 15 is 0 Å². The molecule has 5 aromatic rings. The number of pyridine rings is 1. The highest BCUT2D eigenvalue weighted by Crippen LogP contribution is 2.33. The molecule has 0 aliphatic rings. The lowest BCUT2D eigenvalue weighted by atomic mass is 10.0. The van der Waals surface area contributed by atoms with E-state index in [9.17, 15) is 23.2 Å². The molecule has 0 aliphatic carbocycles. The van der Waals surface area contributed by atoms with Crippen molar-refractivity contribution in [1.82, 2.24) is 24.5 Å². The monoisotopic (exact) mass is 528 g/mol. The van der Waals surface area contributed by atoms with Gasteiger partial charge in [-0.25, -0.2) is 9.97 Å². The number of anilines is 2. The van der Waals surface area contributed by atoms with Crippen molar-refractivity contribution in [2.75, 3.05) is 11.1 Å². The normalized spacial score (nSPS) is 12.2. The highest BCUT2D eigenvalue weighted by molar-refractivity contribution is 5.94. The molecule has 3 heterocycles. The summed E-state index contributed by atoms with van der Waals surface area (Å²) in [4.78, 5) is 30.5. The number of nitrogens with two attached hydrogens (primary N) is 1. The summed E-state index contributed by atoms with van der Waals surface area (Å²) < 4.78 is 41.6. The molecule has 2 aromatic carbocycles. The third-order valence-electron chi connectivity index (χ3n) is 5.98. The number of hydrogen-bond acceptors (Lipinski definition) is 8. The summed E-state index contributed by atoms with van der Waals surface area (Å²) >= 11 is 0. The zero-order valence-electron chi connectivity index (χ0n) is 20.3. The standard InChI is InChI=1S/C27H19F3N8O/c1-15(35-23-17(11-31)13-34-26(32)37-23)24-36-21-9-5-8-20(16-10-18(14-33-12-16)27(28,29)30)22(21)25(39)38(24)19-6-3-2-4-7-19/h2-10,12-15H,1H3,(H3,32,34,35,37)/t15-/m1/s1. The van der Waals surface area contributed by atoms with Crippen LogP contribution in [0.4, 0.5) is 24.9 Å². The van der Waals surface area contributed by atoms with Gasteiger partial charge in [0.2, 0.25) is 5.95 Å². The Morgan fingerprint density at radius 1 is 1.05 bits per heavy atom. The summed E-state index contributed by atoms with van der Waals surface area (Å²) in [6.07, 6.45) is -1.31. The van der Waals surface area contributed by atoms with Gasteiger partial charge in [0.1, 0.15) is 23.3 Å². The van der Waals surface area contributed by atoms with E-state index in [4.69, 9.17) is 10.7 Å². The predicted molar refractivity (Wildman–Crippen MR) is 139 cm³/mol. The van der Waals surface area contributed by atoms with Crippen molar-refractivity contribution in [2.24, 2.45) is 0 Å². The molecule has 0 fully saturated rings. The van der Waals surface area contributed by atoms with Gasteiger partial charge < -0.3 is 11.1 Å². The van der Waals surface area contributed by atoms with Gasteiger partial charge in [0.05, 0.1) is 34.4 Å². The molecule has 12 heteroatoms. The Hall–Kier alpha value is -5.31. The number of para-hydroxylation sites is 1. The Morgan fingerprint density at radius 3 is 2.54 bits per heavy atom. The molecule has 3 N–H and O–H groups in total. The molecule has 3 aromatic heterocycles. The summed E-state index contributed by atoms with van der Waals surface area (Å²) in [6.45, 7) is 1.73. The lowest BCUT2D eigenvalue weighted by Crippen LogP contribution is -2.28. The molecule has 0 bridgehead atoms. The van der Waals surface area contributed by atoms with E-state index in [1.165, 1.54) is 17.0 Å². The highest BCUT2D eigenvalue weighted by Gasteiger charge is 2.31. The van der Waals surface area contributed by atoms with Gasteiger partial charge in [-0.2, -0.15) is 23.4 Å². The number of rotatable bonds is 5. The first-order valence-corrected chi connectivity index (χ1v) is 11.6. The highest BCUT2D eigenvalue weighted by atomic mass is 19.4. The largest absolute Gasteiger partial charge is 0.417 e. The van der Waals surface area contributed by atoms with Gasteiger partial charge in [0.25, 0.3) is 5.56 Å². The molecule has 0 spiro atoms. The van der Waals surface area contributed by atoms with Crippen LogP contribution in [0.3, 0.4) is 0 Å². The molecule has 1 atom stereocenters. The van der Waals surface area contributed by atoms with Crippen LogP contribution in [0.5, 0.6) is 0 Å². The van der Waals surface area contributed by atoms with Crippen molar-refractivity contribution in [3.63, 3.8) is 0 Å². The number of hydrogen-bond donors (Lipinski definition) is 2. The number of fused-ring (bicyclic) bond motifs is 1. The molecule has 0 aliphatic heterocycles. The second-order valence-corrected chi connectivity index (χ2v) is 8.57. The van der Waals surface area contributed by atoms with Crippen molar-refractivity contribution in [3.8, 4) is 22.9 Å².